The molecule has 1 heterocycles. The van der Waals surface area contributed by atoms with E-state index in [0.29, 0.717) is 6.61 Å². The average Bonchev–Trinajstić information content (AvgIpc) is 2.75. The van der Waals surface area contributed by atoms with Gasteiger partial charge < -0.3 is 14.4 Å². The third-order valence-electron chi connectivity index (χ3n) is 2.70. The van der Waals surface area contributed by atoms with Crippen LogP contribution in [0, 0.1) is 5.41 Å². The molecule has 0 aromatic rings. The van der Waals surface area contributed by atoms with Crippen LogP contribution in [0.5, 0.6) is 0 Å². The number of ether oxygens (including phenoxy) is 2. The van der Waals surface area contributed by atoms with Crippen molar-refractivity contribution < 1.29 is 14.3 Å². The summed E-state index contributed by atoms with van der Waals surface area (Å²) in [6.07, 6.45) is 0.757. The highest BCUT2D eigenvalue weighted by Gasteiger charge is 2.37. The Morgan fingerprint density at radius 2 is 1.70 bits per heavy atom. The highest BCUT2D eigenvalue weighted by Crippen LogP contribution is 2.30. The van der Waals surface area contributed by atoms with Crippen LogP contribution in [-0.4, -0.2) is 43.4 Å². The Kier molecular flexibility index (Phi) is 10.8. The van der Waals surface area contributed by atoms with Gasteiger partial charge in [-0.05, 0) is 27.2 Å². The normalized spacial score (nSPS) is 21.4. The van der Waals surface area contributed by atoms with Crippen LogP contribution in [0.4, 0.5) is 4.79 Å². The fourth-order valence-electron chi connectivity index (χ4n) is 1.97. The molecule has 122 valence electrons. The molecule has 0 saturated carbocycles. The Labute approximate surface area is 125 Å². The van der Waals surface area contributed by atoms with E-state index in [4.69, 9.17) is 9.47 Å². The van der Waals surface area contributed by atoms with Crippen LogP contribution in [0.25, 0.3) is 0 Å². The number of hydrogen-bond acceptors (Lipinski definition) is 3. The lowest BCUT2D eigenvalue weighted by atomic mass is 9.91. The van der Waals surface area contributed by atoms with Crippen molar-refractivity contribution in [3.8, 4) is 0 Å². The number of methoxy groups -OCH3 is 1. The first-order valence-corrected chi connectivity index (χ1v) is 7.73. The number of amides is 1. The van der Waals surface area contributed by atoms with Crippen molar-refractivity contribution in [2.45, 2.75) is 67.4 Å². The van der Waals surface area contributed by atoms with Crippen molar-refractivity contribution in [2.75, 3.05) is 26.8 Å². The number of likely N-dealkylation sites (tertiary alicyclic amines) is 1. The predicted molar refractivity (Wildman–Crippen MR) is 85.1 cm³/mol. The standard InChI is InChI=1S/C12H23NO3.2C2H6/c1-11(2,3)16-10(14)13-7-6-12(4,8-13)9-15-5;2*1-2/h6-9H2,1-5H3;2*1-2H3. The van der Waals surface area contributed by atoms with Gasteiger partial charge in [-0.15, -0.1) is 0 Å². The molecular weight excluding hydrogens is 254 g/mol. The van der Waals surface area contributed by atoms with Crippen LogP contribution >= 0.6 is 0 Å². The minimum Gasteiger partial charge on any atom is -0.444 e. The van der Waals surface area contributed by atoms with Crippen molar-refractivity contribution >= 4 is 6.09 Å². The summed E-state index contributed by atoms with van der Waals surface area (Å²) in [7, 11) is 1.70. The number of nitrogens with zero attached hydrogens (tertiary/aromatic N) is 1. The van der Waals surface area contributed by atoms with Gasteiger partial charge in [-0.25, -0.2) is 4.79 Å². The van der Waals surface area contributed by atoms with E-state index in [-0.39, 0.29) is 11.5 Å². The van der Waals surface area contributed by atoms with Gasteiger partial charge in [0.05, 0.1) is 6.61 Å². The zero-order chi connectivity index (χ0) is 16.4. The molecule has 0 radical (unpaired) electrons. The lowest BCUT2D eigenvalue weighted by molar-refractivity contribution is 0.0248. The van der Waals surface area contributed by atoms with Gasteiger partial charge in [0.25, 0.3) is 0 Å². The smallest absolute Gasteiger partial charge is 0.410 e. The summed E-state index contributed by atoms with van der Waals surface area (Å²) in [5, 5.41) is 0. The monoisotopic (exact) mass is 289 g/mol. The zero-order valence-corrected chi connectivity index (χ0v) is 15.0. The van der Waals surface area contributed by atoms with Crippen molar-refractivity contribution in [1.29, 1.82) is 0 Å². The van der Waals surface area contributed by atoms with Gasteiger partial charge in [-0.2, -0.15) is 0 Å². The molecular formula is C16H35NO3. The predicted octanol–water partition coefficient (Wildman–Crippen LogP) is 4.33. The van der Waals surface area contributed by atoms with Crippen molar-refractivity contribution in [3.05, 3.63) is 0 Å². The van der Waals surface area contributed by atoms with Gasteiger partial charge in [-0.3, -0.25) is 0 Å². The average molecular weight is 289 g/mol. The zero-order valence-electron chi connectivity index (χ0n) is 15.0. The molecule has 1 rings (SSSR count). The van der Waals surface area contributed by atoms with Gasteiger partial charge in [0.15, 0.2) is 0 Å². The van der Waals surface area contributed by atoms with Crippen LogP contribution in [-0.2, 0) is 9.47 Å². The van der Waals surface area contributed by atoms with Gasteiger partial charge in [-0.1, -0.05) is 34.6 Å². The molecule has 1 fully saturated rings. The third kappa shape index (κ3) is 8.41. The largest absolute Gasteiger partial charge is 0.444 e. The fraction of sp³-hybridized carbons (Fsp3) is 0.938. The first-order valence-electron chi connectivity index (χ1n) is 7.73. The van der Waals surface area contributed by atoms with Gasteiger partial charge in [0, 0.05) is 25.6 Å². The summed E-state index contributed by atoms with van der Waals surface area (Å²) in [5.41, 5.74) is -0.344. The summed E-state index contributed by atoms with van der Waals surface area (Å²) in [6.45, 7) is 18.0. The molecule has 1 amide bonds. The Bertz CT molecular complexity index is 261. The summed E-state index contributed by atoms with van der Waals surface area (Å²) >= 11 is 0. The highest BCUT2D eigenvalue weighted by atomic mass is 16.6. The molecule has 1 saturated heterocycles. The molecule has 1 atom stereocenters. The topological polar surface area (TPSA) is 38.8 Å². The van der Waals surface area contributed by atoms with Crippen LogP contribution in [0.3, 0.4) is 0 Å². The minimum atomic E-state index is -0.419. The Morgan fingerprint density at radius 3 is 2.10 bits per heavy atom. The van der Waals surface area contributed by atoms with E-state index in [2.05, 4.69) is 6.92 Å². The van der Waals surface area contributed by atoms with E-state index in [1.54, 1.807) is 12.0 Å². The quantitative estimate of drug-likeness (QED) is 0.759. The molecule has 4 heteroatoms. The van der Waals surface area contributed by atoms with Gasteiger partial charge >= 0.3 is 6.09 Å². The Morgan fingerprint density at radius 1 is 1.20 bits per heavy atom. The Balaban J connectivity index is 0. The van der Waals surface area contributed by atoms with Crippen molar-refractivity contribution in [2.24, 2.45) is 5.41 Å². The molecule has 0 N–H and O–H groups in total. The first-order chi connectivity index (χ1) is 9.26. The van der Waals surface area contributed by atoms with E-state index >= 15 is 0 Å². The van der Waals surface area contributed by atoms with Gasteiger partial charge in [0.2, 0.25) is 0 Å². The molecule has 4 nitrogen and oxygen atoms in total. The maximum atomic E-state index is 11.8. The van der Waals surface area contributed by atoms with E-state index in [1.165, 1.54) is 0 Å². The fourth-order valence-corrected chi connectivity index (χ4v) is 1.97. The van der Waals surface area contributed by atoms with Crippen molar-refractivity contribution in [1.82, 2.24) is 4.90 Å². The Hall–Kier alpha value is -0.770. The molecule has 0 spiro atoms. The van der Waals surface area contributed by atoms with Crippen LogP contribution in [0.1, 0.15) is 61.8 Å². The second kappa shape index (κ2) is 10.0. The summed E-state index contributed by atoms with van der Waals surface area (Å²) in [4.78, 5) is 13.6. The SMILES string of the molecule is CC.CC.COCC1(C)CCN(C(=O)OC(C)(C)C)C1. The lowest BCUT2D eigenvalue weighted by Crippen LogP contribution is -2.37. The second-order valence-corrected chi connectivity index (χ2v) is 5.90. The van der Waals surface area contributed by atoms with Crippen LogP contribution in [0.15, 0.2) is 0 Å². The summed E-state index contributed by atoms with van der Waals surface area (Å²) < 4.78 is 10.5. The molecule has 0 aromatic heterocycles. The molecule has 0 aromatic carbocycles. The van der Waals surface area contributed by atoms with E-state index in [0.717, 1.165) is 19.5 Å². The maximum absolute atomic E-state index is 11.8. The number of hydrogen-bond donors (Lipinski definition) is 0. The second-order valence-electron chi connectivity index (χ2n) is 5.90. The molecule has 0 aliphatic carbocycles. The highest BCUT2D eigenvalue weighted by molar-refractivity contribution is 5.68. The number of carbonyl (C=O) groups is 1. The first kappa shape index (κ1) is 21.5. The minimum absolute atomic E-state index is 0.0751. The number of carbonyl (C=O) groups excluding carboxylic acids is 1. The molecule has 1 aliphatic heterocycles. The van der Waals surface area contributed by atoms with Crippen LogP contribution < -0.4 is 0 Å². The molecule has 1 aliphatic rings. The molecule has 1 unspecified atom stereocenters. The van der Waals surface area contributed by atoms with Crippen LogP contribution in [0.2, 0.25) is 0 Å². The van der Waals surface area contributed by atoms with E-state index in [9.17, 15) is 4.79 Å². The maximum Gasteiger partial charge on any atom is 0.410 e. The van der Waals surface area contributed by atoms with E-state index in [1.807, 2.05) is 48.5 Å². The number of rotatable bonds is 2. The summed E-state index contributed by atoms with van der Waals surface area (Å²) in [6, 6.07) is 0. The third-order valence-corrected chi connectivity index (χ3v) is 2.70. The van der Waals surface area contributed by atoms with Gasteiger partial charge in [0.1, 0.15) is 5.60 Å². The lowest BCUT2D eigenvalue weighted by Gasteiger charge is -2.26. The molecule has 0 bridgehead atoms. The summed E-state index contributed by atoms with van der Waals surface area (Å²) in [5.74, 6) is 0. The van der Waals surface area contributed by atoms with E-state index < -0.39 is 5.60 Å². The molecule has 20 heavy (non-hydrogen) atoms. The van der Waals surface area contributed by atoms with Crippen molar-refractivity contribution in [3.63, 3.8) is 0 Å².